The number of primary amides is 1. The Balaban J connectivity index is 2.04. The lowest BCUT2D eigenvalue weighted by Crippen LogP contribution is -2.43. The van der Waals surface area contributed by atoms with Crippen molar-refractivity contribution in [3.05, 3.63) is 0 Å². The SMILES string of the molecule is CCCNC(CCN(C)CCOCC1CC1)C(N)=O. The fourth-order valence-corrected chi connectivity index (χ4v) is 1.88. The van der Waals surface area contributed by atoms with Gasteiger partial charge in [0.05, 0.1) is 12.6 Å². The van der Waals surface area contributed by atoms with E-state index in [1.165, 1.54) is 12.8 Å². The van der Waals surface area contributed by atoms with E-state index >= 15 is 0 Å². The van der Waals surface area contributed by atoms with Gasteiger partial charge in [-0.2, -0.15) is 0 Å². The second kappa shape index (κ2) is 9.28. The van der Waals surface area contributed by atoms with Crippen molar-refractivity contribution in [1.29, 1.82) is 0 Å². The van der Waals surface area contributed by atoms with Crippen LogP contribution in [0.5, 0.6) is 0 Å². The third kappa shape index (κ3) is 8.18. The molecule has 1 aliphatic rings. The van der Waals surface area contributed by atoms with Crippen molar-refractivity contribution in [3.8, 4) is 0 Å². The van der Waals surface area contributed by atoms with Crippen molar-refractivity contribution in [2.45, 2.75) is 38.6 Å². The number of amides is 1. The quantitative estimate of drug-likeness (QED) is 0.510. The van der Waals surface area contributed by atoms with Crippen LogP contribution < -0.4 is 11.1 Å². The number of hydrogen-bond donors (Lipinski definition) is 2. The Kier molecular flexibility index (Phi) is 8.02. The highest BCUT2D eigenvalue weighted by Crippen LogP contribution is 2.28. The molecule has 112 valence electrons. The van der Waals surface area contributed by atoms with Crippen molar-refractivity contribution >= 4 is 5.91 Å². The molecule has 0 spiro atoms. The van der Waals surface area contributed by atoms with Gasteiger partial charge in [-0.3, -0.25) is 4.79 Å². The van der Waals surface area contributed by atoms with E-state index < -0.39 is 0 Å². The average Bonchev–Trinajstić information content (AvgIpc) is 3.18. The lowest BCUT2D eigenvalue weighted by Gasteiger charge is -2.20. The molecule has 5 nitrogen and oxygen atoms in total. The van der Waals surface area contributed by atoms with Crippen LogP contribution in [0.3, 0.4) is 0 Å². The van der Waals surface area contributed by atoms with Gasteiger partial charge in [0.2, 0.25) is 5.91 Å². The second-order valence-electron chi connectivity index (χ2n) is 5.52. The molecule has 0 bridgehead atoms. The smallest absolute Gasteiger partial charge is 0.234 e. The molecule has 0 aliphatic heterocycles. The number of likely N-dealkylation sites (N-methyl/N-ethyl adjacent to an activating group) is 1. The minimum Gasteiger partial charge on any atom is -0.380 e. The number of rotatable bonds is 12. The molecular weight excluding hydrogens is 242 g/mol. The van der Waals surface area contributed by atoms with Gasteiger partial charge < -0.3 is 20.7 Å². The maximum atomic E-state index is 11.3. The number of nitrogens with one attached hydrogen (secondary N) is 1. The van der Waals surface area contributed by atoms with Gasteiger partial charge >= 0.3 is 0 Å². The third-order valence-corrected chi connectivity index (χ3v) is 3.45. The van der Waals surface area contributed by atoms with Crippen LogP contribution in [0.1, 0.15) is 32.6 Å². The largest absolute Gasteiger partial charge is 0.380 e. The van der Waals surface area contributed by atoms with Crippen molar-refractivity contribution in [3.63, 3.8) is 0 Å². The van der Waals surface area contributed by atoms with Crippen LogP contribution >= 0.6 is 0 Å². The van der Waals surface area contributed by atoms with Gasteiger partial charge in [-0.15, -0.1) is 0 Å². The Hall–Kier alpha value is -0.650. The number of hydrogen-bond acceptors (Lipinski definition) is 4. The molecule has 1 saturated carbocycles. The zero-order chi connectivity index (χ0) is 14.1. The molecule has 3 N–H and O–H groups in total. The molecule has 1 rings (SSSR count). The highest BCUT2D eigenvalue weighted by Gasteiger charge is 2.21. The minimum absolute atomic E-state index is 0.213. The molecular formula is C14H29N3O2. The Morgan fingerprint density at radius 1 is 1.47 bits per heavy atom. The van der Waals surface area contributed by atoms with Crippen LogP contribution in [-0.4, -0.2) is 56.7 Å². The Bertz CT molecular complexity index is 257. The fourth-order valence-electron chi connectivity index (χ4n) is 1.88. The fraction of sp³-hybridized carbons (Fsp3) is 0.929. The molecule has 0 radical (unpaired) electrons. The van der Waals surface area contributed by atoms with Gasteiger partial charge in [0.25, 0.3) is 0 Å². The lowest BCUT2D eigenvalue weighted by molar-refractivity contribution is -0.120. The van der Waals surface area contributed by atoms with E-state index in [-0.39, 0.29) is 11.9 Å². The predicted molar refractivity (Wildman–Crippen MR) is 76.9 cm³/mol. The van der Waals surface area contributed by atoms with E-state index in [0.717, 1.165) is 51.6 Å². The number of carbonyl (C=O) groups is 1. The van der Waals surface area contributed by atoms with Crippen LogP contribution in [0.4, 0.5) is 0 Å². The molecule has 1 aliphatic carbocycles. The standard InChI is InChI=1S/C14H29N3O2/c1-3-7-16-13(14(15)18)6-8-17(2)9-10-19-11-12-4-5-12/h12-13,16H,3-11H2,1-2H3,(H2,15,18). The molecule has 0 aromatic rings. The summed E-state index contributed by atoms with van der Waals surface area (Å²) in [5.41, 5.74) is 5.38. The molecule has 1 unspecified atom stereocenters. The molecule has 1 amide bonds. The molecule has 5 heteroatoms. The summed E-state index contributed by atoms with van der Waals surface area (Å²) in [7, 11) is 2.05. The Morgan fingerprint density at radius 2 is 2.21 bits per heavy atom. The topological polar surface area (TPSA) is 67.6 Å². The first-order valence-electron chi connectivity index (χ1n) is 7.42. The van der Waals surface area contributed by atoms with Crippen molar-refractivity contribution < 1.29 is 9.53 Å². The van der Waals surface area contributed by atoms with Crippen LogP contribution in [0.15, 0.2) is 0 Å². The number of nitrogens with two attached hydrogens (primary N) is 1. The van der Waals surface area contributed by atoms with Crippen molar-refractivity contribution in [2.75, 3.05) is 39.9 Å². The van der Waals surface area contributed by atoms with Crippen LogP contribution in [0.25, 0.3) is 0 Å². The Morgan fingerprint density at radius 3 is 2.79 bits per heavy atom. The summed E-state index contributed by atoms with van der Waals surface area (Å²) in [6.45, 7) is 6.37. The minimum atomic E-state index is -0.258. The maximum absolute atomic E-state index is 11.3. The summed E-state index contributed by atoms with van der Waals surface area (Å²) in [5.74, 6) is 0.564. The van der Waals surface area contributed by atoms with Crippen molar-refractivity contribution in [1.82, 2.24) is 10.2 Å². The second-order valence-corrected chi connectivity index (χ2v) is 5.52. The van der Waals surface area contributed by atoms with E-state index in [4.69, 9.17) is 10.5 Å². The summed E-state index contributed by atoms with van der Waals surface area (Å²) in [5, 5.41) is 3.18. The molecule has 19 heavy (non-hydrogen) atoms. The van der Waals surface area contributed by atoms with Gasteiger partial charge in [0.1, 0.15) is 0 Å². The number of nitrogens with zero attached hydrogens (tertiary/aromatic N) is 1. The van der Waals surface area contributed by atoms with Crippen molar-refractivity contribution in [2.24, 2.45) is 11.7 Å². The first-order chi connectivity index (χ1) is 9.13. The van der Waals surface area contributed by atoms with Crippen LogP contribution in [0, 0.1) is 5.92 Å². The first kappa shape index (κ1) is 16.4. The summed E-state index contributed by atoms with van der Waals surface area (Å²) >= 11 is 0. The van der Waals surface area contributed by atoms with E-state index in [0.29, 0.717) is 0 Å². The Labute approximate surface area is 116 Å². The zero-order valence-corrected chi connectivity index (χ0v) is 12.4. The van der Waals surface area contributed by atoms with Gasteiger partial charge in [-0.1, -0.05) is 6.92 Å². The van der Waals surface area contributed by atoms with E-state index in [2.05, 4.69) is 24.2 Å². The lowest BCUT2D eigenvalue weighted by atomic mass is 10.2. The zero-order valence-electron chi connectivity index (χ0n) is 12.4. The maximum Gasteiger partial charge on any atom is 0.234 e. The molecule has 1 fully saturated rings. The summed E-state index contributed by atoms with van der Waals surface area (Å²) in [4.78, 5) is 13.5. The van der Waals surface area contributed by atoms with Crippen LogP contribution in [-0.2, 0) is 9.53 Å². The van der Waals surface area contributed by atoms with E-state index in [9.17, 15) is 4.79 Å². The third-order valence-electron chi connectivity index (χ3n) is 3.45. The van der Waals surface area contributed by atoms with Gasteiger partial charge in [0.15, 0.2) is 0 Å². The molecule has 0 aromatic heterocycles. The summed E-state index contributed by atoms with van der Waals surface area (Å²) in [6.07, 6.45) is 4.43. The molecule has 0 heterocycles. The highest BCUT2D eigenvalue weighted by atomic mass is 16.5. The van der Waals surface area contributed by atoms with Crippen LogP contribution in [0.2, 0.25) is 0 Å². The molecule has 0 saturated heterocycles. The normalized spacial score (nSPS) is 16.8. The number of carbonyl (C=O) groups excluding carboxylic acids is 1. The summed E-state index contributed by atoms with van der Waals surface area (Å²) in [6, 6.07) is -0.213. The van der Waals surface area contributed by atoms with Gasteiger partial charge in [-0.25, -0.2) is 0 Å². The molecule has 1 atom stereocenters. The van der Waals surface area contributed by atoms with Gasteiger partial charge in [-0.05, 0) is 51.7 Å². The highest BCUT2D eigenvalue weighted by molar-refractivity contribution is 5.79. The molecule has 0 aromatic carbocycles. The summed E-state index contributed by atoms with van der Waals surface area (Å²) < 4.78 is 5.60. The average molecular weight is 271 g/mol. The van der Waals surface area contributed by atoms with Gasteiger partial charge in [0, 0.05) is 13.2 Å². The first-order valence-corrected chi connectivity index (χ1v) is 7.42. The monoisotopic (exact) mass is 271 g/mol. The number of ether oxygens (including phenoxy) is 1. The predicted octanol–water partition coefficient (Wildman–Crippen LogP) is 0.588. The van der Waals surface area contributed by atoms with E-state index in [1.54, 1.807) is 0 Å². The van der Waals surface area contributed by atoms with E-state index in [1.807, 2.05) is 0 Å².